The first-order valence-electron chi connectivity index (χ1n) is 10.2. The third-order valence-electron chi connectivity index (χ3n) is 5.76. The second-order valence-corrected chi connectivity index (χ2v) is 7.80. The van der Waals surface area contributed by atoms with Gasteiger partial charge in [-0.1, -0.05) is 19.1 Å². The maximum Gasteiger partial charge on any atom is 0.332 e. The van der Waals surface area contributed by atoms with E-state index in [2.05, 4.69) is 10.1 Å². The van der Waals surface area contributed by atoms with E-state index in [1.807, 2.05) is 32.3 Å². The second-order valence-electron chi connectivity index (χ2n) is 7.80. The lowest BCUT2D eigenvalue weighted by atomic mass is 10.2. The van der Waals surface area contributed by atoms with E-state index >= 15 is 0 Å². The fourth-order valence-corrected chi connectivity index (χ4v) is 3.78. The highest BCUT2D eigenvalue weighted by Crippen LogP contribution is 2.20. The van der Waals surface area contributed by atoms with Crippen LogP contribution in [0, 0.1) is 26.6 Å². The van der Waals surface area contributed by atoms with Crippen LogP contribution >= 0.6 is 0 Å². The van der Waals surface area contributed by atoms with Crippen LogP contribution in [0.2, 0.25) is 0 Å². The van der Waals surface area contributed by atoms with Crippen molar-refractivity contribution in [2.45, 2.75) is 47.2 Å². The van der Waals surface area contributed by atoms with Crippen molar-refractivity contribution in [1.29, 1.82) is 0 Å². The Morgan fingerprint density at radius 1 is 1.03 bits per heavy atom. The van der Waals surface area contributed by atoms with E-state index in [1.165, 1.54) is 21.3 Å². The van der Waals surface area contributed by atoms with E-state index < -0.39 is 11.2 Å². The molecule has 0 aliphatic carbocycles. The molecule has 8 nitrogen and oxygen atoms in total. The van der Waals surface area contributed by atoms with Gasteiger partial charge in [0.05, 0.1) is 12.2 Å². The summed E-state index contributed by atoms with van der Waals surface area (Å²) in [5, 5.41) is 4.60. The molecule has 0 atom stereocenters. The number of fused-ring (bicyclic) bond motifs is 1. The Morgan fingerprint density at radius 3 is 2.29 bits per heavy atom. The van der Waals surface area contributed by atoms with Crippen LogP contribution in [0.1, 0.15) is 35.9 Å². The molecule has 162 valence electrons. The lowest BCUT2D eigenvalue weighted by Crippen LogP contribution is -2.40. The van der Waals surface area contributed by atoms with Gasteiger partial charge in [0.2, 0.25) is 5.95 Å². The monoisotopic (exact) mass is 424 g/mol. The van der Waals surface area contributed by atoms with Gasteiger partial charge in [-0.2, -0.15) is 10.1 Å². The first-order valence-corrected chi connectivity index (χ1v) is 10.2. The standard InChI is InChI=1S/C22H25FN6O2/c1-6-11-27-18-19(24-21(27)29-15(4)13(2)14(3)25-29)26(5)22(31)28(20(18)30)12-16-7-9-17(23)10-8-16/h7-10H,6,11-12H2,1-5H3. The third-order valence-corrected chi connectivity index (χ3v) is 5.76. The van der Waals surface area contributed by atoms with Crippen LogP contribution in [0.4, 0.5) is 4.39 Å². The quantitative estimate of drug-likeness (QED) is 0.493. The fourth-order valence-electron chi connectivity index (χ4n) is 3.78. The average molecular weight is 424 g/mol. The van der Waals surface area contributed by atoms with E-state index in [-0.39, 0.29) is 12.4 Å². The summed E-state index contributed by atoms with van der Waals surface area (Å²) >= 11 is 0. The van der Waals surface area contributed by atoms with Crippen LogP contribution in [0.15, 0.2) is 33.9 Å². The summed E-state index contributed by atoms with van der Waals surface area (Å²) in [4.78, 5) is 31.1. The number of hydrogen-bond acceptors (Lipinski definition) is 4. The molecule has 0 unspecified atom stereocenters. The van der Waals surface area contributed by atoms with E-state index in [0.717, 1.165) is 23.4 Å². The number of benzene rings is 1. The van der Waals surface area contributed by atoms with Crippen molar-refractivity contribution >= 4 is 11.2 Å². The van der Waals surface area contributed by atoms with Gasteiger partial charge in [-0.05, 0) is 50.5 Å². The van der Waals surface area contributed by atoms with Crippen LogP contribution in [0.5, 0.6) is 0 Å². The van der Waals surface area contributed by atoms with Crippen molar-refractivity contribution < 1.29 is 4.39 Å². The third kappa shape index (κ3) is 3.30. The topological polar surface area (TPSA) is 79.6 Å². The fraction of sp³-hybridized carbons (Fsp3) is 0.364. The number of hydrogen-bond donors (Lipinski definition) is 0. The van der Waals surface area contributed by atoms with Crippen molar-refractivity contribution in [3.05, 3.63) is 73.4 Å². The van der Waals surface area contributed by atoms with Crippen LogP contribution < -0.4 is 11.2 Å². The number of aromatic nitrogens is 6. The Balaban J connectivity index is 2.01. The number of halogens is 1. The predicted octanol–water partition coefficient (Wildman–Crippen LogP) is 2.61. The smallest absolute Gasteiger partial charge is 0.302 e. The number of imidazole rings is 1. The van der Waals surface area contributed by atoms with Gasteiger partial charge in [0.1, 0.15) is 5.82 Å². The van der Waals surface area contributed by atoms with Crippen LogP contribution in [0.3, 0.4) is 0 Å². The number of aryl methyl sites for hydroxylation is 3. The first kappa shape index (κ1) is 20.8. The van der Waals surface area contributed by atoms with E-state index in [9.17, 15) is 14.0 Å². The van der Waals surface area contributed by atoms with Crippen molar-refractivity contribution in [3.63, 3.8) is 0 Å². The minimum atomic E-state index is -0.473. The lowest BCUT2D eigenvalue weighted by molar-refractivity contribution is 0.620. The second kappa shape index (κ2) is 7.64. The van der Waals surface area contributed by atoms with Gasteiger partial charge in [-0.25, -0.2) is 13.9 Å². The van der Waals surface area contributed by atoms with Crippen LogP contribution in [-0.4, -0.2) is 28.5 Å². The molecule has 0 saturated heterocycles. The van der Waals surface area contributed by atoms with Gasteiger partial charge >= 0.3 is 5.69 Å². The summed E-state index contributed by atoms with van der Waals surface area (Å²) in [5.74, 6) is 0.141. The molecule has 0 aliphatic heterocycles. The molecular weight excluding hydrogens is 399 g/mol. The van der Waals surface area contributed by atoms with Gasteiger partial charge in [0, 0.05) is 19.3 Å². The molecule has 3 heterocycles. The van der Waals surface area contributed by atoms with Crippen molar-refractivity contribution in [1.82, 2.24) is 28.5 Å². The van der Waals surface area contributed by atoms with Crippen molar-refractivity contribution in [2.75, 3.05) is 0 Å². The average Bonchev–Trinajstić information content (AvgIpc) is 3.24. The maximum atomic E-state index is 13.5. The molecule has 9 heteroatoms. The zero-order valence-corrected chi connectivity index (χ0v) is 18.3. The van der Waals surface area contributed by atoms with E-state index in [1.54, 1.807) is 23.9 Å². The van der Waals surface area contributed by atoms with Gasteiger partial charge in [0.15, 0.2) is 11.2 Å². The molecule has 0 radical (unpaired) electrons. The maximum absolute atomic E-state index is 13.5. The Hall–Kier alpha value is -3.49. The van der Waals surface area contributed by atoms with Crippen LogP contribution in [-0.2, 0) is 20.1 Å². The molecule has 0 spiro atoms. The summed E-state index contributed by atoms with van der Waals surface area (Å²) in [6.07, 6.45) is 0.775. The van der Waals surface area contributed by atoms with Gasteiger partial charge in [0.25, 0.3) is 5.56 Å². The predicted molar refractivity (Wildman–Crippen MR) is 116 cm³/mol. The molecule has 0 aliphatic rings. The normalized spacial score (nSPS) is 11.5. The lowest BCUT2D eigenvalue weighted by Gasteiger charge is -2.11. The molecule has 4 aromatic rings. The van der Waals surface area contributed by atoms with E-state index in [4.69, 9.17) is 0 Å². The minimum absolute atomic E-state index is 0.0490. The molecule has 1 aromatic carbocycles. The van der Waals surface area contributed by atoms with Crippen LogP contribution in [0.25, 0.3) is 17.1 Å². The van der Waals surface area contributed by atoms with Crippen molar-refractivity contribution in [3.8, 4) is 5.95 Å². The zero-order valence-electron chi connectivity index (χ0n) is 18.3. The van der Waals surface area contributed by atoms with E-state index in [0.29, 0.717) is 29.2 Å². The number of nitrogens with zero attached hydrogens (tertiary/aromatic N) is 6. The van der Waals surface area contributed by atoms with Gasteiger partial charge in [-0.15, -0.1) is 0 Å². The van der Waals surface area contributed by atoms with Gasteiger partial charge < -0.3 is 4.57 Å². The Bertz CT molecular complexity index is 1410. The number of rotatable bonds is 5. The zero-order chi connectivity index (χ0) is 22.4. The summed E-state index contributed by atoms with van der Waals surface area (Å²) < 4.78 is 19.4. The summed E-state index contributed by atoms with van der Waals surface area (Å²) in [7, 11) is 1.60. The first-order chi connectivity index (χ1) is 14.7. The summed E-state index contributed by atoms with van der Waals surface area (Å²) in [5.41, 5.74) is 3.31. The summed E-state index contributed by atoms with van der Waals surface area (Å²) in [6, 6.07) is 5.76. The summed E-state index contributed by atoms with van der Waals surface area (Å²) in [6.45, 7) is 8.49. The SMILES string of the molecule is CCCn1c(-n2nc(C)c(C)c2C)nc2c1c(=O)n(Cc1ccc(F)cc1)c(=O)n2C. The minimum Gasteiger partial charge on any atom is -0.302 e. The highest BCUT2D eigenvalue weighted by Gasteiger charge is 2.23. The Morgan fingerprint density at radius 2 is 1.71 bits per heavy atom. The molecule has 0 bridgehead atoms. The molecule has 0 N–H and O–H groups in total. The Labute approximate surface area is 178 Å². The highest BCUT2D eigenvalue weighted by atomic mass is 19.1. The molecule has 0 saturated carbocycles. The van der Waals surface area contributed by atoms with Crippen molar-refractivity contribution in [2.24, 2.45) is 7.05 Å². The molecule has 3 aromatic heterocycles. The molecule has 0 fully saturated rings. The molecule has 0 amide bonds. The molecule has 31 heavy (non-hydrogen) atoms. The van der Waals surface area contributed by atoms with Gasteiger partial charge in [-0.3, -0.25) is 13.9 Å². The molecule has 4 rings (SSSR count). The largest absolute Gasteiger partial charge is 0.332 e. The molecular formula is C22H25FN6O2. The highest BCUT2D eigenvalue weighted by molar-refractivity contribution is 5.72. The Kier molecular flexibility index (Phi) is 5.12.